The predicted molar refractivity (Wildman–Crippen MR) is 124 cm³/mol. The Labute approximate surface area is 191 Å². The molecule has 0 saturated carbocycles. The van der Waals surface area contributed by atoms with E-state index in [-0.39, 0.29) is 16.3 Å². The molecule has 3 aromatic carbocycles. The second-order valence-corrected chi connectivity index (χ2v) is 8.23. The number of benzene rings is 3. The van der Waals surface area contributed by atoms with Crippen LogP contribution < -0.4 is 5.32 Å². The van der Waals surface area contributed by atoms with Gasteiger partial charge in [-0.3, -0.25) is 14.9 Å². The summed E-state index contributed by atoms with van der Waals surface area (Å²) in [6.45, 7) is 0. The molecule has 4 aromatic rings. The van der Waals surface area contributed by atoms with E-state index < -0.39 is 10.8 Å². The summed E-state index contributed by atoms with van der Waals surface area (Å²) < 4.78 is 0. The van der Waals surface area contributed by atoms with Crippen LogP contribution in [0.3, 0.4) is 0 Å². The predicted octanol–water partition coefficient (Wildman–Crippen LogP) is 6.94. The molecule has 0 saturated heterocycles. The zero-order valence-electron chi connectivity index (χ0n) is 15.7. The standard InChI is InChI=1S/C22H13Cl2N3O3S/c23-15-5-1-14(2-6-15)22-26-19(12-31-22)13-3-8-17(9-4-13)25-21(28)18-10-7-16(24)11-20(18)27(29)30/h1-12H,(H,25,28). The second-order valence-electron chi connectivity index (χ2n) is 6.49. The van der Waals surface area contributed by atoms with E-state index in [1.807, 2.05) is 41.8 Å². The van der Waals surface area contributed by atoms with E-state index in [0.717, 1.165) is 27.9 Å². The van der Waals surface area contributed by atoms with Gasteiger partial charge in [0, 0.05) is 38.3 Å². The molecule has 0 fully saturated rings. The molecule has 1 aromatic heterocycles. The number of rotatable bonds is 5. The number of carbonyl (C=O) groups is 1. The smallest absolute Gasteiger partial charge is 0.283 e. The maximum atomic E-state index is 12.5. The quantitative estimate of drug-likeness (QED) is 0.253. The van der Waals surface area contributed by atoms with Gasteiger partial charge in [-0.05, 0) is 36.4 Å². The average Bonchev–Trinajstić information content (AvgIpc) is 3.25. The fraction of sp³-hybridized carbons (Fsp3) is 0. The van der Waals surface area contributed by atoms with E-state index in [2.05, 4.69) is 10.3 Å². The van der Waals surface area contributed by atoms with E-state index in [0.29, 0.717) is 10.7 Å². The molecule has 6 nitrogen and oxygen atoms in total. The number of halogens is 2. The van der Waals surface area contributed by atoms with E-state index in [4.69, 9.17) is 23.2 Å². The number of nitrogens with one attached hydrogen (secondary N) is 1. The first kappa shape index (κ1) is 21.0. The van der Waals surface area contributed by atoms with Crippen LogP contribution >= 0.6 is 34.5 Å². The highest BCUT2D eigenvalue weighted by Crippen LogP contribution is 2.30. The van der Waals surface area contributed by atoms with Gasteiger partial charge in [-0.2, -0.15) is 0 Å². The van der Waals surface area contributed by atoms with Crippen molar-refractivity contribution in [2.45, 2.75) is 0 Å². The number of hydrogen-bond acceptors (Lipinski definition) is 5. The molecule has 4 rings (SSSR count). The Bertz CT molecular complexity index is 1270. The van der Waals surface area contributed by atoms with Gasteiger partial charge in [-0.25, -0.2) is 4.98 Å². The largest absolute Gasteiger partial charge is 0.322 e. The van der Waals surface area contributed by atoms with Crippen LogP contribution in [0, 0.1) is 10.1 Å². The van der Waals surface area contributed by atoms with Gasteiger partial charge in [0.1, 0.15) is 10.6 Å². The number of anilines is 1. The normalized spacial score (nSPS) is 10.6. The Morgan fingerprint density at radius 2 is 1.58 bits per heavy atom. The monoisotopic (exact) mass is 469 g/mol. The van der Waals surface area contributed by atoms with E-state index >= 15 is 0 Å². The summed E-state index contributed by atoms with van der Waals surface area (Å²) in [5.74, 6) is -0.588. The van der Waals surface area contributed by atoms with Crippen LogP contribution in [0.2, 0.25) is 10.0 Å². The minimum absolute atomic E-state index is 0.0643. The first-order valence-corrected chi connectivity index (χ1v) is 10.6. The zero-order valence-corrected chi connectivity index (χ0v) is 18.0. The number of aromatic nitrogens is 1. The van der Waals surface area contributed by atoms with Gasteiger partial charge in [-0.15, -0.1) is 11.3 Å². The summed E-state index contributed by atoms with van der Waals surface area (Å²) in [5, 5.41) is 17.6. The van der Waals surface area contributed by atoms with Crippen LogP contribution in [0.1, 0.15) is 10.4 Å². The number of carbonyl (C=O) groups excluding carboxylic acids is 1. The van der Waals surface area contributed by atoms with Gasteiger partial charge in [0.15, 0.2) is 0 Å². The maximum absolute atomic E-state index is 12.5. The van der Waals surface area contributed by atoms with Crippen LogP contribution in [-0.4, -0.2) is 15.8 Å². The van der Waals surface area contributed by atoms with Crippen LogP contribution in [0.4, 0.5) is 11.4 Å². The SMILES string of the molecule is O=C(Nc1ccc(-c2csc(-c3ccc(Cl)cc3)n2)cc1)c1ccc(Cl)cc1[N+](=O)[O-]. The molecule has 0 aliphatic carbocycles. The molecule has 31 heavy (non-hydrogen) atoms. The number of thiazole rings is 1. The second kappa shape index (κ2) is 8.85. The minimum Gasteiger partial charge on any atom is -0.322 e. The molecular weight excluding hydrogens is 457 g/mol. The lowest BCUT2D eigenvalue weighted by Gasteiger charge is -2.07. The highest BCUT2D eigenvalue weighted by atomic mass is 35.5. The van der Waals surface area contributed by atoms with Crippen LogP contribution in [-0.2, 0) is 0 Å². The summed E-state index contributed by atoms with van der Waals surface area (Å²) in [6.07, 6.45) is 0. The van der Waals surface area contributed by atoms with Gasteiger partial charge < -0.3 is 5.32 Å². The van der Waals surface area contributed by atoms with Crippen LogP contribution in [0.25, 0.3) is 21.8 Å². The third-order valence-electron chi connectivity index (χ3n) is 4.43. The van der Waals surface area contributed by atoms with Gasteiger partial charge in [-0.1, -0.05) is 47.5 Å². The van der Waals surface area contributed by atoms with E-state index in [1.54, 1.807) is 12.1 Å². The minimum atomic E-state index is -0.635. The molecule has 0 unspecified atom stereocenters. The number of hydrogen-bond donors (Lipinski definition) is 1. The highest BCUT2D eigenvalue weighted by molar-refractivity contribution is 7.13. The summed E-state index contributed by atoms with van der Waals surface area (Å²) in [6, 6.07) is 18.5. The van der Waals surface area contributed by atoms with Gasteiger partial charge in [0.2, 0.25) is 0 Å². The van der Waals surface area contributed by atoms with Gasteiger partial charge in [0.25, 0.3) is 11.6 Å². The van der Waals surface area contributed by atoms with Crippen molar-refractivity contribution in [1.29, 1.82) is 0 Å². The average molecular weight is 470 g/mol. The number of amides is 1. The Kier molecular flexibility index (Phi) is 5.99. The summed E-state index contributed by atoms with van der Waals surface area (Å²) >= 11 is 13.3. The first-order chi connectivity index (χ1) is 14.9. The van der Waals surface area contributed by atoms with Crippen LogP contribution in [0.5, 0.6) is 0 Å². The molecule has 1 amide bonds. The van der Waals surface area contributed by atoms with Crippen molar-refractivity contribution >= 4 is 51.8 Å². The van der Waals surface area contributed by atoms with Crippen molar-refractivity contribution in [3.8, 4) is 21.8 Å². The van der Waals surface area contributed by atoms with E-state index in [1.165, 1.54) is 23.5 Å². The van der Waals surface area contributed by atoms with Crippen molar-refractivity contribution in [3.05, 3.63) is 97.8 Å². The van der Waals surface area contributed by atoms with Crippen molar-refractivity contribution in [1.82, 2.24) is 4.98 Å². The molecule has 0 atom stereocenters. The third kappa shape index (κ3) is 4.74. The van der Waals surface area contributed by atoms with Crippen molar-refractivity contribution in [2.24, 2.45) is 0 Å². The highest BCUT2D eigenvalue weighted by Gasteiger charge is 2.20. The molecule has 1 N–H and O–H groups in total. The van der Waals surface area contributed by atoms with Gasteiger partial charge >= 0.3 is 0 Å². The summed E-state index contributed by atoms with van der Waals surface area (Å²) in [7, 11) is 0. The molecular formula is C22H13Cl2N3O3S. The van der Waals surface area contributed by atoms with E-state index in [9.17, 15) is 14.9 Å². The lowest BCUT2D eigenvalue weighted by Crippen LogP contribution is -2.13. The number of nitro benzene ring substituents is 1. The first-order valence-electron chi connectivity index (χ1n) is 8.98. The Balaban J connectivity index is 1.51. The van der Waals surface area contributed by atoms with Crippen LogP contribution in [0.15, 0.2) is 72.1 Å². The molecule has 1 heterocycles. The Hall–Kier alpha value is -3.26. The van der Waals surface area contributed by atoms with Gasteiger partial charge in [0.05, 0.1) is 10.6 Å². The fourth-order valence-corrected chi connectivity index (χ4v) is 4.03. The number of nitrogens with zero attached hydrogens (tertiary/aromatic N) is 2. The summed E-state index contributed by atoms with van der Waals surface area (Å²) in [4.78, 5) is 27.7. The topological polar surface area (TPSA) is 85.1 Å². The Morgan fingerprint density at radius 3 is 2.26 bits per heavy atom. The zero-order chi connectivity index (χ0) is 22.0. The lowest BCUT2D eigenvalue weighted by molar-refractivity contribution is -0.385. The molecule has 0 bridgehead atoms. The molecule has 0 spiro atoms. The number of nitro groups is 1. The fourth-order valence-electron chi connectivity index (χ4n) is 2.90. The lowest BCUT2D eigenvalue weighted by atomic mass is 10.1. The maximum Gasteiger partial charge on any atom is 0.283 e. The third-order valence-corrected chi connectivity index (χ3v) is 5.81. The van der Waals surface area contributed by atoms with Crippen molar-refractivity contribution in [2.75, 3.05) is 5.32 Å². The van der Waals surface area contributed by atoms with Crippen molar-refractivity contribution in [3.63, 3.8) is 0 Å². The summed E-state index contributed by atoms with van der Waals surface area (Å²) in [5.41, 5.74) is 2.76. The van der Waals surface area contributed by atoms with Crippen molar-refractivity contribution < 1.29 is 9.72 Å². The molecule has 154 valence electrons. The molecule has 0 aliphatic rings. The molecule has 0 radical (unpaired) electrons. The molecule has 0 aliphatic heterocycles. The molecule has 9 heteroatoms. The Morgan fingerprint density at radius 1 is 0.935 bits per heavy atom.